The third kappa shape index (κ3) is 4.07. The molecule has 1 aromatic heterocycles. The highest BCUT2D eigenvalue weighted by molar-refractivity contribution is 5.93. The summed E-state index contributed by atoms with van der Waals surface area (Å²) in [6.45, 7) is 6.56. The summed E-state index contributed by atoms with van der Waals surface area (Å²) >= 11 is 0. The van der Waals surface area contributed by atoms with Gasteiger partial charge in [0.1, 0.15) is 11.5 Å². The van der Waals surface area contributed by atoms with Crippen molar-refractivity contribution in [1.29, 1.82) is 0 Å². The number of H-pyrrole nitrogens is 1. The van der Waals surface area contributed by atoms with Gasteiger partial charge in [-0.05, 0) is 62.4 Å². The summed E-state index contributed by atoms with van der Waals surface area (Å²) < 4.78 is 18.9. The molecule has 0 saturated carbocycles. The Bertz CT molecular complexity index is 744. The van der Waals surface area contributed by atoms with Gasteiger partial charge in [0.15, 0.2) is 0 Å². The van der Waals surface area contributed by atoms with E-state index in [4.69, 9.17) is 4.74 Å². The minimum Gasteiger partial charge on any atom is -0.381 e. The number of amides is 1. The quantitative estimate of drug-likeness (QED) is 0.903. The highest BCUT2D eigenvalue weighted by Crippen LogP contribution is 2.23. The fraction of sp³-hybridized carbons (Fsp3) is 0.474. The number of halogens is 1. The van der Waals surface area contributed by atoms with E-state index in [0.717, 1.165) is 24.9 Å². The Morgan fingerprint density at radius 1 is 1.44 bits per heavy atom. The van der Waals surface area contributed by atoms with E-state index in [2.05, 4.69) is 10.2 Å². The molecule has 1 fully saturated rings. The molecule has 1 N–H and O–H groups in total. The fourth-order valence-corrected chi connectivity index (χ4v) is 3.22. The monoisotopic (exact) mass is 345 g/mol. The van der Waals surface area contributed by atoms with Gasteiger partial charge in [0, 0.05) is 25.3 Å². The first-order valence-electron chi connectivity index (χ1n) is 8.77. The lowest BCUT2D eigenvalue weighted by Crippen LogP contribution is -2.41. The van der Waals surface area contributed by atoms with E-state index >= 15 is 0 Å². The zero-order valence-corrected chi connectivity index (χ0v) is 14.7. The van der Waals surface area contributed by atoms with E-state index < -0.39 is 0 Å². The Labute approximate surface area is 147 Å². The number of nitrogens with one attached hydrogen (secondary N) is 1. The molecule has 134 valence electrons. The first-order valence-corrected chi connectivity index (χ1v) is 8.77. The zero-order chi connectivity index (χ0) is 17.8. The minimum absolute atomic E-state index is 0.0428. The van der Waals surface area contributed by atoms with E-state index in [1.54, 1.807) is 25.1 Å². The molecule has 1 unspecified atom stereocenters. The summed E-state index contributed by atoms with van der Waals surface area (Å²) in [4.78, 5) is 14.6. The Morgan fingerprint density at radius 2 is 2.28 bits per heavy atom. The molecule has 1 aromatic carbocycles. The van der Waals surface area contributed by atoms with Crippen LogP contribution in [0.5, 0.6) is 0 Å². The molecule has 0 aliphatic carbocycles. The molecule has 1 amide bonds. The molecule has 0 bridgehead atoms. The molecule has 25 heavy (non-hydrogen) atoms. The number of aromatic nitrogens is 2. The number of aromatic amines is 1. The van der Waals surface area contributed by atoms with Crippen LogP contribution < -0.4 is 0 Å². The number of nitrogens with zero attached hydrogens (tertiary/aromatic N) is 2. The molecular formula is C19H24FN3O2. The Morgan fingerprint density at radius 3 is 3.04 bits per heavy atom. The van der Waals surface area contributed by atoms with Gasteiger partial charge in [-0.1, -0.05) is 0 Å². The molecule has 0 radical (unpaired) electrons. The Kier molecular flexibility index (Phi) is 5.48. The number of ether oxygens (including phenoxy) is 1. The highest BCUT2D eigenvalue weighted by atomic mass is 19.1. The molecule has 1 aliphatic rings. The van der Waals surface area contributed by atoms with Crippen LogP contribution in [0.1, 0.15) is 35.8 Å². The van der Waals surface area contributed by atoms with Crippen molar-refractivity contribution in [2.24, 2.45) is 5.92 Å². The van der Waals surface area contributed by atoms with E-state index in [1.807, 2.05) is 11.8 Å². The Hall–Kier alpha value is -2.21. The second-order valence-corrected chi connectivity index (χ2v) is 6.55. The van der Waals surface area contributed by atoms with Gasteiger partial charge in [-0.3, -0.25) is 9.89 Å². The fourth-order valence-electron chi connectivity index (χ4n) is 3.22. The molecule has 5 nitrogen and oxygen atoms in total. The van der Waals surface area contributed by atoms with Gasteiger partial charge in [-0.2, -0.15) is 5.10 Å². The van der Waals surface area contributed by atoms with Crippen LogP contribution in [0.25, 0.3) is 11.3 Å². The smallest absolute Gasteiger partial charge is 0.271 e. The van der Waals surface area contributed by atoms with Gasteiger partial charge in [-0.25, -0.2) is 4.39 Å². The summed E-state index contributed by atoms with van der Waals surface area (Å²) in [7, 11) is 0. The lowest BCUT2D eigenvalue weighted by molar-refractivity contribution is 0.0496. The van der Waals surface area contributed by atoms with Crippen molar-refractivity contribution >= 4 is 5.91 Å². The van der Waals surface area contributed by atoms with Gasteiger partial charge >= 0.3 is 0 Å². The highest BCUT2D eigenvalue weighted by Gasteiger charge is 2.25. The lowest BCUT2D eigenvalue weighted by Gasteiger charge is -2.32. The maximum absolute atomic E-state index is 13.4. The predicted octanol–water partition coefficient (Wildman–Crippen LogP) is 3.41. The second kappa shape index (κ2) is 7.78. The van der Waals surface area contributed by atoms with Crippen LogP contribution >= 0.6 is 0 Å². The average Bonchev–Trinajstić information content (AvgIpc) is 3.12. The topological polar surface area (TPSA) is 58.2 Å². The third-order valence-corrected chi connectivity index (χ3v) is 4.63. The molecule has 1 aliphatic heterocycles. The van der Waals surface area contributed by atoms with Crippen molar-refractivity contribution in [1.82, 2.24) is 15.1 Å². The maximum Gasteiger partial charge on any atom is 0.271 e. The number of hydrogen-bond acceptors (Lipinski definition) is 3. The first kappa shape index (κ1) is 17.6. The van der Waals surface area contributed by atoms with Crippen LogP contribution in [0, 0.1) is 18.7 Å². The molecule has 1 saturated heterocycles. The van der Waals surface area contributed by atoms with Crippen LogP contribution in [0.15, 0.2) is 24.3 Å². The van der Waals surface area contributed by atoms with E-state index in [9.17, 15) is 9.18 Å². The van der Waals surface area contributed by atoms with Crippen LogP contribution in [-0.2, 0) is 4.74 Å². The lowest BCUT2D eigenvalue weighted by atomic mass is 9.98. The van der Waals surface area contributed by atoms with E-state index in [-0.39, 0.29) is 11.7 Å². The summed E-state index contributed by atoms with van der Waals surface area (Å²) in [6, 6.07) is 6.57. The number of carbonyl (C=O) groups excluding carboxylic acids is 1. The molecule has 6 heteroatoms. The SMILES string of the molecule is CCOCC1CCCN(C(=O)c2cc(-c3ccc(F)c(C)c3)n[nH]2)C1. The van der Waals surface area contributed by atoms with Crippen molar-refractivity contribution < 1.29 is 13.9 Å². The van der Waals surface area contributed by atoms with Crippen LogP contribution in [-0.4, -0.2) is 47.3 Å². The number of benzene rings is 1. The molecular weight excluding hydrogens is 321 g/mol. The molecule has 2 heterocycles. The van der Waals surface area contributed by atoms with Crippen molar-refractivity contribution in [3.63, 3.8) is 0 Å². The number of aryl methyl sites for hydroxylation is 1. The van der Waals surface area contributed by atoms with Crippen molar-refractivity contribution in [2.45, 2.75) is 26.7 Å². The number of likely N-dealkylation sites (tertiary alicyclic amines) is 1. The van der Waals surface area contributed by atoms with Crippen molar-refractivity contribution in [2.75, 3.05) is 26.3 Å². The Balaban J connectivity index is 1.70. The normalized spacial score (nSPS) is 17.7. The van der Waals surface area contributed by atoms with E-state index in [0.29, 0.717) is 42.6 Å². The summed E-state index contributed by atoms with van der Waals surface area (Å²) in [6.07, 6.45) is 2.08. The van der Waals surface area contributed by atoms with Crippen LogP contribution in [0.3, 0.4) is 0 Å². The van der Waals surface area contributed by atoms with Gasteiger partial charge < -0.3 is 9.64 Å². The van der Waals surface area contributed by atoms with Gasteiger partial charge in [0.05, 0.1) is 12.3 Å². The van der Waals surface area contributed by atoms with E-state index in [1.165, 1.54) is 6.07 Å². The maximum atomic E-state index is 13.4. The molecule has 1 atom stereocenters. The number of hydrogen-bond donors (Lipinski definition) is 1. The number of piperidine rings is 1. The van der Waals surface area contributed by atoms with Gasteiger partial charge in [0.2, 0.25) is 0 Å². The minimum atomic E-state index is -0.246. The standard InChI is InChI=1S/C19H24FN3O2/c1-3-25-12-14-5-4-8-23(11-14)19(24)18-10-17(21-22-18)15-6-7-16(20)13(2)9-15/h6-7,9-10,14H,3-5,8,11-12H2,1-2H3,(H,21,22). The zero-order valence-electron chi connectivity index (χ0n) is 14.7. The molecule has 3 rings (SSSR count). The second-order valence-electron chi connectivity index (χ2n) is 6.55. The van der Waals surface area contributed by atoms with Crippen LogP contribution in [0.4, 0.5) is 4.39 Å². The average molecular weight is 345 g/mol. The summed E-state index contributed by atoms with van der Waals surface area (Å²) in [5.74, 6) is 0.0998. The molecule has 0 spiro atoms. The third-order valence-electron chi connectivity index (χ3n) is 4.63. The number of rotatable bonds is 5. The van der Waals surface area contributed by atoms with Crippen LogP contribution in [0.2, 0.25) is 0 Å². The molecule has 2 aromatic rings. The largest absolute Gasteiger partial charge is 0.381 e. The van der Waals surface area contributed by atoms with Gasteiger partial charge in [0.25, 0.3) is 5.91 Å². The summed E-state index contributed by atoms with van der Waals surface area (Å²) in [5.41, 5.74) is 2.47. The summed E-state index contributed by atoms with van der Waals surface area (Å²) in [5, 5.41) is 7.05. The first-order chi connectivity index (χ1) is 12.1. The van der Waals surface area contributed by atoms with Gasteiger partial charge in [-0.15, -0.1) is 0 Å². The van der Waals surface area contributed by atoms with Crippen molar-refractivity contribution in [3.8, 4) is 11.3 Å². The predicted molar refractivity (Wildman–Crippen MR) is 93.8 cm³/mol. The van der Waals surface area contributed by atoms with Crippen molar-refractivity contribution in [3.05, 3.63) is 41.3 Å². The number of carbonyl (C=O) groups is 1.